The van der Waals surface area contributed by atoms with Crippen LogP contribution in [0.4, 0.5) is 0 Å². The fourth-order valence-corrected chi connectivity index (χ4v) is 2.85. The van der Waals surface area contributed by atoms with Crippen molar-refractivity contribution in [3.63, 3.8) is 0 Å². The van der Waals surface area contributed by atoms with Gasteiger partial charge in [0.1, 0.15) is 5.75 Å². The Hall–Kier alpha value is -1.80. The number of ether oxygens (including phenoxy) is 1. The number of hydrogen-bond acceptors (Lipinski definition) is 2. The highest BCUT2D eigenvalue weighted by Crippen LogP contribution is 2.42. The van der Waals surface area contributed by atoms with Gasteiger partial charge in [-0.25, -0.2) is 0 Å². The molecule has 2 nitrogen and oxygen atoms in total. The fourth-order valence-electron chi connectivity index (χ4n) is 2.85. The molecule has 1 N–H and O–H groups in total. The van der Waals surface area contributed by atoms with Crippen molar-refractivity contribution in [3.05, 3.63) is 65.7 Å². The molecule has 2 unspecified atom stereocenters. The molecule has 0 spiro atoms. The van der Waals surface area contributed by atoms with Crippen molar-refractivity contribution in [1.29, 1.82) is 0 Å². The van der Waals surface area contributed by atoms with Crippen LogP contribution in [-0.4, -0.2) is 7.11 Å². The topological polar surface area (TPSA) is 21.3 Å². The van der Waals surface area contributed by atoms with Crippen LogP contribution < -0.4 is 10.1 Å². The van der Waals surface area contributed by atoms with Gasteiger partial charge in [0, 0.05) is 12.1 Å². The van der Waals surface area contributed by atoms with E-state index >= 15 is 0 Å². The Morgan fingerprint density at radius 3 is 2.19 bits per heavy atom. The Bertz CT molecular complexity index is 560. The van der Waals surface area contributed by atoms with Gasteiger partial charge in [0.2, 0.25) is 0 Å². The first kappa shape index (κ1) is 14.2. The number of methoxy groups -OCH3 is 1. The normalized spacial score (nSPS) is 17.2. The molecule has 1 fully saturated rings. The van der Waals surface area contributed by atoms with Gasteiger partial charge in [-0.3, -0.25) is 0 Å². The van der Waals surface area contributed by atoms with Gasteiger partial charge in [0.05, 0.1) is 7.11 Å². The summed E-state index contributed by atoms with van der Waals surface area (Å²) in [5, 5.41) is 3.81. The average Bonchev–Trinajstić information content (AvgIpc) is 3.38. The Morgan fingerprint density at radius 2 is 1.62 bits per heavy atom. The first-order valence-electron chi connectivity index (χ1n) is 7.73. The Balaban J connectivity index is 1.73. The van der Waals surface area contributed by atoms with Crippen LogP contribution >= 0.6 is 0 Å². The summed E-state index contributed by atoms with van der Waals surface area (Å²) in [7, 11) is 1.70. The minimum absolute atomic E-state index is 0.335. The lowest BCUT2D eigenvalue weighted by Crippen LogP contribution is -2.26. The van der Waals surface area contributed by atoms with E-state index in [1.165, 1.54) is 24.0 Å². The molecule has 0 heterocycles. The predicted octanol–water partition coefficient (Wildman–Crippen LogP) is 4.50. The molecule has 1 aliphatic rings. The Labute approximate surface area is 127 Å². The van der Waals surface area contributed by atoms with Gasteiger partial charge < -0.3 is 10.1 Å². The van der Waals surface area contributed by atoms with Gasteiger partial charge in [0.25, 0.3) is 0 Å². The number of nitrogens with one attached hydrogen (secondary N) is 1. The molecular formula is C19H23NO. The second kappa shape index (κ2) is 6.31. The SMILES string of the molecule is COc1ccc(C(C)NC(c2ccccc2)C2CC2)cc1. The summed E-state index contributed by atoms with van der Waals surface area (Å²) in [4.78, 5) is 0. The van der Waals surface area contributed by atoms with Crippen LogP contribution in [0.2, 0.25) is 0 Å². The lowest BCUT2D eigenvalue weighted by atomic mass is 9.99. The molecule has 2 heteroatoms. The minimum Gasteiger partial charge on any atom is -0.497 e. The van der Waals surface area contributed by atoms with Crippen LogP contribution in [0.3, 0.4) is 0 Å². The van der Waals surface area contributed by atoms with Crippen molar-refractivity contribution in [1.82, 2.24) is 5.32 Å². The van der Waals surface area contributed by atoms with Crippen LogP contribution in [0, 0.1) is 5.92 Å². The van der Waals surface area contributed by atoms with Crippen LogP contribution in [0.15, 0.2) is 54.6 Å². The highest BCUT2D eigenvalue weighted by atomic mass is 16.5. The summed E-state index contributed by atoms with van der Waals surface area (Å²) in [6, 6.07) is 20.0. The maximum Gasteiger partial charge on any atom is 0.118 e. The van der Waals surface area contributed by atoms with Gasteiger partial charge in [0.15, 0.2) is 0 Å². The molecule has 21 heavy (non-hydrogen) atoms. The Morgan fingerprint density at radius 1 is 0.952 bits per heavy atom. The van der Waals surface area contributed by atoms with E-state index in [9.17, 15) is 0 Å². The van der Waals surface area contributed by atoms with Gasteiger partial charge in [-0.15, -0.1) is 0 Å². The molecule has 1 aliphatic carbocycles. The van der Waals surface area contributed by atoms with E-state index in [0.717, 1.165) is 11.7 Å². The van der Waals surface area contributed by atoms with Crippen molar-refractivity contribution in [2.24, 2.45) is 5.92 Å². The van der Waals surface area contributed by atoms with Crippen LogP contribution in [0.1, 0.15) is 43.0 Å². The van der Waals surface area contributed by atoms with Gasteiger partial charge in [-0.1, -0.05) is 42.5 Å². The standard InChI is InChI=1S/C19H23NO/c1-14(15-10-12-18(21-2)13-11-15)20-19(17-8-9-17)16-6-4-3-5-7-16/h3-7,10-14,17,19-20H,8-9H2,1-2H3. The number of hydrogen-bond donors (Lipinski definition) is 1. The molecule has 0 saturated heterocycles. The molecular weight excluding hydrogens is 258 g/mol. The summed E-state index contributed by atoms with van der Waals surface area (Å²) in [5.41, 5.74) is 2.71. The monoisotopic (exact) mass is 281 g/mol. The molecule has 1 saturated carbocycles. The zero-order chi connectivity index (χ0) is 14.7. The lowest BCUT2D eigenvalue weighted by Gasteiger charge is -2.24. The van der Waals surface area contributed by atoms with Crippen LogP contribution in [0.25, 0.3) is 0 Å². The van der Waals surface area contributed by atoms with Crippen molar-refractivity contribution in [2.75, 3.05) is 7.11 Å². The summed E-state index contributed by atoms with van der Waals surface area (Å²) in [6.07, 6.45) is 2.67. The third kappa shape index (κ3) is 3.45. The molecule has 2 aromatic rings. The molecule has 2 atom stereocenters. The Kier molecular flexibility index (Phi) is 4.26. The van der Waals surface area contributed by atoms with E-state index in [4.69, 9.17) is 4.74 Å². The van der Waals surface area contributed by atoms with E-state index in [1.807, 2.05) is 12.1 Å². The number of rotatable bonds is 6. The summed E-state index contributed by atoms with van der Waals surface area (Å²) >= 11 is 0. The smallest absolute Gasteiger partial charge is 0.118 e. The van der Waals surface area contributed by atoms with E-state index in [-0.39, 0.29) is 0 Å². The second-order valence-corrected chi connectivity index (χ2v) is 5.89. The molecule has 0 aliphatic heterocycles. The maximum absolute atomic E-state index is 5.23. The van der Waals surface area contributed by atoms with E-state index < -0.39 is 0 Å². The highest BCUT2D eigenvalue weighted by Gasteiger charge is 2.32. The highest BCUT2D eigenvalue weighted by molar-refractivity contribution is 5.29. The van der Waals surface area contributed by atoms with Gasteiger partial charge in [-0.2, -0.15) is 0 Å². The predicted molar refractivity (Wildman–Crippen MR) is 86.5 cm³/mol. The van der Waals surface area contributed by atoms with Crippen molar-refractivity contribution >= 4 is 0 Å². The van der Waals surface area contributed by atoms with Gasteiger partial charge in [-0.05, 0) is 48.9 Å². The third-order valence-corrected chi connectivity index (χ3v) is 4.30. The summed E-state index contributed by atoms with van der Waals surface area (Å²) < 4.78 is 5.23. The largest absolute Gasteiger partial charge is 0.497 e. The lowest BCUT2D eigenvalue weighted by molar-refractivity contribution is 0.412. The van der Waals surface area contributed by atoms with Crippen LogP contribution in [0.5, 0.6) is 5.75 Å². The van der Waals surface area contributed by atoms with E-state index in [0.29, 0.717) is 12.1 Å². The third-order valence-electron chi connectivity index (χ3n) is 4.30. The quantitative estimate of drug-likeness (QED) is 0.842. The summed E-state index contributed by atoms with van der Waals surface area (Å²) in [5.74, 6) is 1.70. The van der Waals surface area contributed by atoms with Crippen molar-refractivity contribution in [3.8, 4) is 5.75 Å². The first-order valence-corrected chi connectivity index (χ1v) is 7.73. The van der Waals surface area contributed by atoms with Crippen molar-refractivity contribution < 1.29 is 4.74 Å². The molecule has 0 amide bonds. The number of benzene rings is 2. The molecule has 3 rings (SSSR count). The second-order valence-electron chi connectivity index (χ2n) is 5.89. The average molecular weight is 281 g/mol. The molecule has 2 aromatic carbocycles. The van der Waals surface area contributed by atoms with Gasteiger partial charge >= 0.3 is 0 Å². The fraction of sp³-hybridized carbons (Fsp3) is 0.368. The molecule has 110 valence electrons. The van der Waals surface area contributed by atoms with Crippen molar-refractivity contribution in [2.45, 2.75) is 31.8 Å². The van der Waals surface area contributed by atoms with E-state index in [1.54, 1.807) is 7.11 Å². The first-order chi connectivity index (χ1) is 10.3. The molecule has 0 bridgehead atoms. The van der Waals surface area contributed by atoms with E-state index in [2.05, 4.69) is 54.7 Å². The minimum atomic E-state index is 0.335. The summed E-state index contributed by atoms with van der Waals surface area (Å²) in [6.45, 7) is 2.24. The zero-order valence-electron chi connectivity index (χ0n) is 12.8. The molecule has 0 aromatic heterocycles. The zero-order valence-corrected chi connectivity index (χ0v) is 12.8. The van der Waals surface area contributed by atoms with Crippen LogP contribution in [-0.2, 0) is 0 Å². The maximum atomic E-state index is 5.23. The molecule has 0 radical (unpaired) electrons.